The Morgan fingerprint density at radius 2 is 2.22 bits per heavy atom. The van der Waals surface area contributed by atoms with Crippen molar-refractivity contribution < 1.29 is 9.21 Å². The minimum absolute atomic E-state index is 0.219. The summed E-state index contributed by atoms with van der Waals surface area (Å²) in [5.41, 5.74) is 2.69. The Morgan fingerprint density at radius 3 is 2.89 bits per heavy atom. The highest BCUT2D eigenvalue weighted by Crippen LogP contribution is 2.13. The van der Waals surface area contributed by atoms with E-state index in [-0.39, 0.29) is 11.9 Å². The predicted molar refractivity (Wildman–Crippen MR) is 66.6 cm³/mol. The smallest absolute Gasteiger partial charge is 0.270 e. The van der Waals surface area contributed by atoms with Crippen LogP contribution in [0.4, 0.5) is 5.82 Å². The molecule has 1 amide bonds. The van der Waals surface area contributed by atoms with Crippen molar-refractivity contribution in [2.75, 3.05) is 5.43 Å². The number of rotatable bonds is 4. The predicted octanol–water partition coefficient (Wildman–Crippen LogP) is 1.45. The third kappa shape index (κ3) is 2.67. The molecular formula is C12H14N4O2. The van der Waals surface area contributed by atoms with Crippen molar-refractivity contribution in [1.29, 1.82) is 0 Å². The number of carbonyl (C=O) groups is 1. The van der Waals surface area contributed by atoms with Crippen LogP contribution in [0.5, 0.6) is 0 Å². The largest absolute Gasteiger partial charge is 0.467 e. The molecule has 2 rings (SSSR count). The lowest BCUT2D eigenvalue weighted by Crippen LogP contribution is -2.27. The van der Waals surface area contributed by atoms with Gasteiger partial charge in [0.05, 0.1) is 12.3 Å². The molecule has 0 aliphatic heterocycles. The Kier molecular flexibility index (Phi) is 3.59. The lowest BCUT2D eigenvalue weighted by Gasteiger charge is -2.11. The summed E-state index contributed by atoms with van der Waals surface area (Å²) in [7, 11) is 0. The summed E-state index contributed by atoms with van der Waals surface area (Å²) in [5, 5.41) is 2.79. The molecule has 0 saturated heterocycles. The van der Waals surface area contributed by atoms with E-state index < -0.39 is 0 Å². The molecule has 2 heterocycles. The molecule has 6 nitrogen and oxygen atoms in total. The van der Waals surface area contributed by atoms with Crippen LogP contribution >= 0.6 is 0 Å². The van der Waals surface area contributed by atoms with Gasteiger partial charge in [-0.15, -0.1) is 0 Å². The van der Waals surface area contributed by atoms with Gasteiger partial charge >= 0.3 is 0 Å². The standard InChI is InChI=1S/C12H14N4O2/c1-8(10-5-3-7-18-10)14-12(17)9-4-2-6-11(15-9)16-13/h2-8H,13H2,1H3,(H,14,17)(H,15,16). The number of nitrogen functional groups attached to an aromatic ring is 1. The summed E-state index contributed by atoms with van der Waals surface area (Å²) in [6, 6.07) is 8.35. The first-order chi connectivity index (χ1) is 8.70. The summed E-state index contributed by atoms with van der Waals surface area (Å²) in [4.78, 5) is 16.0. The van der Waals surface area contributed by atoms with Crippen molar-refractivity contribution in [3.05, 3.63) is 48.0 Å². The molecule has 0 aliphatic carbocycles. The first-order valence-corrected chi connectivity index (χ1v) is 5.48. The van der Waals surface area contributed by atoms with Gasteiger partial charge in [0.2, 0.25) is 0 Å². The zero-order valence-electron chi connectivity index (χ0n) is 9.88. The van der Waals surface area contributed by atoms with Gasteiger partial charge in [0.1, 0.15) is 17.3 Å². The van der Waals surface area contributed by atoms with E-state index in [1.54, 1.807) is 36.6 Å². The molecule has 0 spiro atoms. The van der Waals surface area contributed by atoms with Gasteiger partial charge in [0.25, 0.3) is 5.91 Å². The Labute approximate surface area is 104 Å². The zero-order valence-corrected chi connectivity index (χ0v) is 9.88. The fourth-order valence-corrected chi connectivity index (χ4v) is 1.52. The molecule has 0 radical (unpaired) electrons. The monoisotopic (exact) mass is 246 g/mol. The fraction of sp³-hybridized carbons (Fsp3) is 0.167. The summed E-state index contributed by atoms with van der Waals surface area (Å²) < 4.78 is 5.21. The Bertz CT molecular complexity index is 525. The van der Waals surface area contributed by atoms with Gasteiger partial charge in [-0.2, -0.15) is 0 Å². The van der Waals surface area contributed by atoms with Gasteiger partial charge in [-0.1, -0.05) is 6.07 Å². The minimum Gasteiger partial charge on any atom is -0.467 e. The highest BCUT2D eigenvalue weighted by atomic mass is 16.3. The second-order valence-electron chi connectivity index (χ2n) is 3.76. The first kappa shape index (κ1) is 12.1. The third-order valence-electron chi connectivity index (χ3n) is 2.45. The molecule has 6 heteroatoms. The summed E-state index contributed by atoms with van der Waals surface area (Å²) in [6.45, 7) is 1.84. The Balaban J connectivity index is 2.07. The third-order valence-corrected chi connectivity index (χ3v) is 2.45. The van der Waals surface area contributed by atoms with Crippen LogP contribution in [-0.4, -0.2) is 10.9 Å². The quantitative estimate of drug-likeness (QED) is 0.561. The van der Waals surface area contributed by atoms with Crippen molar-refractivity contribution in [3.63, 3.8) is 0 Å². The van der Waals surface area contributed by atoms with Crippen LogP contribution < -0.4 is 16.6 Å². The van der Waals surface area contributed by atoms with Crippen LogP contribution in [0.15, 0.2) is 41.0 Å². The molecule has 0 saturated carbocycles. The van der Waals surface area contributed by atoms with E-state index in [9.17, 15) is 4.79 Å². The van der Waals surface area contributed by atoms with Crippen molar-refractivity contribution in [1.82, 2.24) is 10.3 Å². The molecule has 0 bridgehead atoms. The number of pyridine rings is 1. The first-order valence-electron chi connectivity index (χ1n) is 5.48. The molecule has 0 fully saturated rings. The van der Waals surface area contributed by atoms with Crippen LogP contribution in [0, 0.1) is 0 Å². The number of amides is 1. The van der Waals surface area contributed by atoms with E-state index in [1.807, 2.05) is 6.92 Å². The highest BCUT2D eigenvalue weighted by molar-refractivity contribution is 5.92. The zero-order chi connectivity index (χ0) is 13.0. The SMILES string of the molecule is CC(NC(=O)c1cccc(NN)n1)c1ccco1. The van der Waals surface area contributed by atoms with Crippen LogP contribution in [0.25, 0.3) is 0 Å². The second kappa shape index (κ2) is 5.33. The number of nitrogens with one attached hydrogen (secondary N) is 2. The van der Waals surface area contributed by atoms with E-state index in [0.717, 1.165) is 0 Å². The molecule has 2 aromatic heterocycles. The van der Waals surface area contributed by atoms with E-state index in [0.29, 0.717) is 17.3 Å². The summed E-state index contributed by atoms with van der Waals surface area (Å²) in [6.07, 6.45) is 1.56. The van der Waals surface area contributed by atoms with E-state index in [1.165, 1.54) is 0 Å². The Hall–Kier alpha value is -2.34. The van der Waals surface area contributed by atoms with Gasteiger partial charge in [0.15, 0.2) is 0 Å². The number of anilines is 1. The maximum Gasteiger partial charge on any atom is 0.270 e. The van der Waals surface area contributed by atoms with Gasteiger partial charge in [-0.3, -0.25) is 4.79 Å². The maximum atomic E-state index is 11.9. The van der Waals surface area contributed by atoms with Gasteiger partial charge < -0.3 is 15.2 Å². The number of aromatic nitrogens is 1. The van der Waals surface area contributed by atoms with Crippen LogP contribution in [0.2, 0.25) is 0 Å². The van der Waals surface area contributed by atoms with Gasteiger partial charge in [-0.25, -0.2) is 10.8 Å². The average Bonchev–Trinajstić information content (AvgIpc) is 2.92. The number of hydrogen-bond donors (Lipinski definition) is 3. The molecule has 18 heavy (non-hydrogen) atoms. The molecule has 1 unspecified atom stereocenters. The van der Waals surface area contributed by atoms with E-state index in [2.05, 4.69) is 15.7 Å². The fourth-order valence-electron chi connectivity index (χ4n) is 1.52. The van der Waals surface area contributed by atoms with Crippen LogP contribution in [0.3, 0.4) is 0 Å². The number of hydrazine groups is 1. The van der Waals surface area contributed by atoms with Crippen molar-refractivity contribution in [3.8, 4) is 0 Å². The normalized spacial score (nSPS) is 11.9. The molecule has 0 aromatic carbocycles. The van der Waals surface area contributed by atoms with Crippen LogP contribution in [-0.2, 0) is 0 Å². The van der Waals surface area contributed by atoms with Gasteiger partial charge in [-0.05, 0) is 31.2 Å². The molecule has 0 aliphatic rings. The summed E-state index contributed by atoms with van der Waals surface area (Å²) >= 11 is 0. The molecule has 94 valence electrons. The summed E-state index contributed by atoms with van der Waals surface area (Å²) in [5.74, 6) is 6.09. The maximum absolute atomic E-state index is 11.9. The molecule has 2 aromatic rings. The lowest BCUT2D eigenvalue weighted by molar-refractivity contribution is 0.0930. The number of nitrogens with two attached hydrogens (primary N) is 1. The number of hydrogen-bond acceptors (Lipinski definition) is 5. The number of carbonyl (C=O) groups excluding carboxylic acids is 1. The van der Waals surface area contributed by atoms with Crippen molar-refractivity contribution in [2.45, 2.75) is 13.0 Å². The second-order valence-corrected chi connectivity index (χ2v) is 3.76. The lowest BCUT2D eigenvalue weighted by atomic mass is 10.2. The number of nitrogens with zero attached hydrogens (tertiary/aromatic N) is 1. The number of furan rings is 1. The minimum atomic E-state index is -0.281. The average molecular weight is 246 g/mol. The molecule has 4 N–H and O–H groups in total. The van der Waals surface area contributed by atoms with Gasteiger partial charge in [0, 0.05) is 0 Å². The van der Waals surface area contributed by atoms with E-state index >= 15 is 0 Å². The molecule has 1 atom stereocenters. The Morgan fingerprint density at radius 1 is 1.39 bits per heavy atom. The van der Waals surface area contributed by atoms with E-state index in [4.69, 9.17) is 10.3 Å². The van der Waals surface area contributed by atoms with Crippen LogP contribution in [0.1, 0.15) is 29.2 Å². The molecular weight excluding hydrogens is 232 g/mol. The highest BCUT2D eigenvalue weighted by Gasteiger charge is 2.14. The van der Waals surface area contributed by atoms with Crippen molar-refractivity contribution in [2.24, 2.45) is 5.84 Å². The topological polar surface area (TPSA) is 93.2 Å². The van der Waals surface area contributed by atoms with Crippen molar-refractivity contribution >= 4 is 11.7 Å².